The number of likely N-dealkylation sites (N-methyl/N-ethyl adjacent to an activating group) is 1. The van der Waals surface area contributed by atoms with E-state index < -0.39 is 23.0 Å². The average Bonchev–Trinajstić information content (AvgIpc) is 2.49. The summed E-state index contributed by atoms with van der Waals surface area (Å²) >= 11 is 0. The molecule has 0 amide bonds. The molecule has 0 aliphatic heterocycles. The van der Waals surface area contributed by atoms with Crippen LogP contribution in [0.15, 0.2) is 9.59 Å². The second kappa shape index (κ2) is 7.73. The molecule has 0 unspecified atom stereocenters. The normalized spacial score (nSPS) is 10.8. The van der Waals surface area contributed by atoms with Crippen molar-refractivity contribution in [2.24, 2.45) is 7.05 Å². The van der Waals surface area contributed by atoms with E-state index in [4.69, 9.17) is 5.73 Å². The van der Waals surface area contributed by atoms with Gasteiger partial charge in [-0.25, -0.2) is 4.79 Å². The number of carbonyl (C=O) groups excluding carboxylic acids is 2. The number of aromatic nitrogens is 2. The Morgan fingerprint density at radius 3 is 2.39 bits per heavy atom. The fraction of sp³-hybridized carbons (Fsp3) is 0.571. The maximum Gasteiger partial charge on any atom is 0.332 e. The molecule has 9 heteroatoms. The smallest absolute Gasteiger partial charge is 0.332 e. The van der Waals surface area contributed by atoms with E-state index in [0.717, 1.165) is 4.57 Å². The molecular formula is C14H22N4O5. The summed E-state index contributed by atoms with van der Waals surface area (Å²) in [6, 6.07) is 0. The van der Waals surface area contributed by atoms with Crippen molar-refractivity contribution in [1.29, 1.82) is 0 Å². The van der Waals surface area contributed by atoms with Crippen LogP contribution in [0.25, 0.3) is 0 Å². The van der Waals surface area contributed by atoms with E-state index in [1.54, 1.807) is 0 Å². The van der Waals surface area contributed by atoms with Crippen LogP contribution < -0.4 is 17.0 Å². The summed E-state index contributed by atoms with van der Waals surface area (Å²) < 4.78 is 6.58. The highest BCUT2D eigenvalue weighted by Gasteiger charge is 2.22. The predicted molar refractivity (Wildman–Crippen MR) is 84.5 cm³/mol. The van der Waals surface area contributed by atoms with Crippen LogP contribution >= 0.6 is 0 Å². The molecular weight excluding hydrogens is 304 g/mol. The van der Waals surface area contributed by atoms with Gasteiger partial charge in [0.25, 0.3) is 5.56 Å². The maximum absolute atomic E-state index is 12.4. The quantitative estimate of drug-likeness (QED) is 0.495. The molecule has 0 bridgehead atoms. The number of ketones is 1. The molecule has 0 aliphatic rings. The zero-order chi connectivity index (χ0) is 17.7. The van der Waals surface area contributed by atoms with Gasteiger partial charge in [-0.2, -0.15) is 0 Å². The monoisotopic (exact) mass is 326 g/mol. The van der Waals surface area contributed by atoms with Gasteiger partial charge in [-0.15, -0.1) is 0 Å². The lowest BCUT2D eigenvalue weighted by molar-refractivity contribution is -0.141. The number of nitrogens with two attached hydrogens (primary N) is 1. The second-order valence-corrected chi connectivity index (χ2v) is 5.23. The molecule has 1 aromatic rings. The molecule has 0 saturated carbocycles. The molecule has 2 N–H and O–H groups in total. The summed E-state index contributed by atoms with van der Waals surface area (Å²) in [5.41, 5.74) is 4.32. The van der Waals surface area contributed by atoms with E-state index in [-0.39, 0.29) is 24.5 Å². The van der Waals surface area contributed by atoms with Crippen molar-refractivity contribution in [3.8, 4) is 0 Å². The van der Waals surface area contributed by atoms with Gasteiger partial charge in [0, 0.05) is 13.6 Å². The van der Waals surface area contributed by atoms with E-state index in [9.17, 15) is 19.2 Å². The lowest BCUT2D eigenvalue weighted by Gasteiger charge is -2.17. The molecule has 0 atom stereocenters. The van der Waals surface area contributed by atoms with E-state index in [1.165, 1.54) is 30.7 Å². The summed E-state index contributed by atoms with van der Waals surface area (Å²) in [4.78, 5) is 49.2. The van der Waals surface area contributed by atoms with E-state index in [1.807, 2.05) is 6.92 Å². The largest absolute Gasteiger partial charge is 0.468 e. The summed E-state index contributed by atoms with van der Waals surface area (Å²) in [7, 11) is 4.08. The fourth-order valence-electron chi connectivity index (χ4n) is 2.15. The molecule has 0 aliphatic carbocycles. The van der Waals surface area contributed by atoms with Crippen molar-refractivity contribution in [3.05, 3.63) is 26.4 Å². The number of Topliss-reactive ketones (excluding diaryl/α,β-unsaturated/α-hetero) is 1. The van der Waals surface area contributed by atoms with Crippen molar-refractivity contribution in [1.82, 2.24) is 14.0 Å². The minimum atomic E-state index is -0.740. The summed E-state index contributed by atoms with van der Waals surface area (Å²) in [6.45, 7) is 1.86. The number of esters is 1. The molecule has 23 heavy (non-hydrogen) atoms. The lowest BCUT2D eigenvalue weighted by Crippen LogP contribution is -2.44. The number of rotatable bonds is 7. The predicted octanol–water partition coefficient (Wildman–Crippen LogP) is -1.17. The number of nitrogens with zero attached hydrogens (tertiary/aromatic N) is 3. The zero-order valence-corrected chi connectivity index (χ0v) is 13.8. The first-order valence-electron chi connectivity index (χ1n) is 7.12. The van der Waals surface area contributed by atoms with E-state index in [2.05, 4.69) is 4.74 Å². The molecule has 9 nitrogen and oxygen atoms in total. The topological polar surface area (TPSA) is 117 Å². The number of ether oxygens (including phenoxy) is 1. The summed E-state index contributed by atoms with van der Waals surface area (Å²) in [5.74, 6) is -1.20. The van der Waals surface area contributed by atoms with Gasteiger partial charge in [-0.05, 0) is 13.5 Å². The van der Waals surface area contributed by atoms with Crippen LogP contribution in [0.3, 0.4) is 0 Å². The highest BCUT2D eigenvalue weighted by molar-refractivity contribution is 6.01. The maximum atomic E-state index is 12.4. The molecule has 128 valence electrons. The molecule has 0 radical (unpaired) electrons. The third-order valence-corrected chi connectivity index (χ3v) is 3.35. The molecule has 1 heterocycles. The Morgan fingerprint density at radius 1 is 1.26 bits per heavy atom. The van der Waals surface area contributed by atoms with E-state index >= 15 is 0 Å². The van der Waals surface area contributed by atoms with Gasteiger partial charge in [-0.3, -0.25) is 28.4 Å². The Bertz CT molecular complexity index is 719. The van der Waals surface area contributed by atoms with Crippen LogP contribution in [-0.2, 0) is 23.1 Å². The standard InChI is InChI=1S/C14H22N4O5/c1-5-6-18-12(15)11(13(21)17(3)14(18)22)9(19)7-16(2)8-10(20)23-4/h5-8,15H2,1-4H3. The lowest BCUT2D eigenvalue weighted by atomic mass is 10.1. The van der Waals surface area contributed by atoms with Gasteiger partial charge in [0.1, 0.15) is 11.4 Å². The molecule has 0 aromatic carbocycles. The second-order valence-electron chi connectivity index (χ2n) is 5.23. The van der Waals surface area contributed by atoms with Gasteiger partial charge in [0.15, 0.2) is 5.78 Å². The van der Waals surface area contributed by atoms with Crippen molar-refractivity contribution in [2.75, 3.05) is 33.0 Å². The van der Waals surface area contributed by atoms with Crippen molar-refractivity contribution in [2.45, 2.75) is 19.9 Å². The Hall–Kier alpha value is -2.42. The molecule has 0 spiro atoms. The Balaban J connectivity index is 3.22. The number of anilines is 1. The third kappa shape index (κ3) is 4.07. The Labute approximate surface area is 133 Å². The number of carbonyl (C=O) groups is 2. The minimum absolute atomic E-state index is 0.100. The van der Waals surface area contributed by atoms with Crippen LogP contribution in [0.1, 0.15) is 23.7 Å². The number of hydrogen-bond acceptors (Lipinski definition) is 7. The number of nitrogen functional groups attached to an aromatic ring is 1. The minimum Gasteiger partial charge on any atom is -0.468 e. The molecule has 1 rings (SSSR count). The van der Waals surface area contributed by atoms with Crippen molar-refractivity contribution < 1.29 is 14.3 Å². The van der Waals surface area contributed by atoms with Gasteiger partial charge in [-0.1, -0.05) is 6.92 Å². The van der Waals surface area contributed by atoms with Gasteiger partial charge >= 0.3 is 11.7 Å². The van der Waals surface area contributed by atoms with Crippen LogP contribution in [0.5, 0.6) is 0 Å². The number of hydrogen-bond donors (Lipinski definition) is 1. The third-order valence-electron chi connectivity index (χ3n) is 3.35. The fourth-order valence-corrected chi connectivity index (χ4v) is 2.15. The van der Waals surface area contributed by atoms with Gasteiger partial charge < -0.3 is 10.5 Å². The van der Waals surface area contributed by atoms with Crippen LogP contribution in [0, 0.1) is 0 Å². The number of methoxy groups -OCH3 is 1. The van der Waals surface area contributed by atoms with Crippen molar-refractivity contribution in [3.63, 3.8) is 0 Å². The Morgan fingerprint density at radius 2 is 1.87 bits per heavy atom. The van der Waals surface area contributed by atoms with Crippen LogP contribution in [-0.4, -0.2) is 53.0 Å². The highest BCUT2D eigenvalue weighted by Crippen LogP contribution is 2.07. The highest BCUT2D eigenvalue weighted by atomic mass is 16.5. The van der Waals surface area contributed by atoms with Crippen LogP contribution in [0.4, 0.5) is 5.82 Å². The molecule has 0 fully saturated rings. The first-order chi connectivity index (χ1) is 10.7. The van der Waals surface area contributed by atoms with Gasteiger partial charge in [0.2, 0.25) is 0 Å². The summed E-state index contributed by atoms with van der Waals surface area (Å²) in [5, 5.41) is 0. The Kier molecular flexibility index (Phi) is 6.26. The van der Waals surface area contributed by atoms with E-state index in [0.29, 0.717) is 13.0 Å². The first kappa shape index (κ1) is 18.6. The molecule has 0 saturated heterocycles. The summed E-state index contributed by atoms with van der Waals surface area (Å²) in [6.07, 6.45) is 0.623. The molecule has 1 aromatic heterocycles. The SMILES string of the molecule is CCCn1c(N)c(C(=O)CN(C)CC(=O)OC)c(=O)n(C)c1=O. The first-order valence-corrected chi connectivity index (χ1v) is 7.12. The zero-order valence-electron chi connectivity index (χ0n) is 13.8. The van der Waals surface area contributed by atoms with Crippen molar-refractivity contribution >= 4 is 17.6 Å². The van der Waals surface area contributed by atoms with Crippen LogP contribution in [0.2, 0.25) is 0 Å². The van der Waals surface area contributed by atoms with Gasteiger partial charge in [0.05, 0.1) is 20.2 Å². The average molecular weight is 326 g/mol.